The Balaban J connectivity index is 2.22. The third-order valence-corrected chi connectivity index (χ3v) is 3.10. The van der Waals surface area contributed by atoms with Crippen molar-refractivity contribution in [2.45, 2.75) is 26.2 Å². The molecule has 0 aliphatic heterocycles. The lowest BCUT2D eigenvalue weighted by Gasteiger charge is -2.00. The molecule has 1 aromatic heterocycles. The monoisotopic (exact) mass is 293 g/mol. The van der Waals surface area contributed by atoms with Crippen molar-refractivity contribution in [1.29, 1.82) is 0 Å². The van der Waals surface area contributed by atoms with Crippen LogP contribution in [0.3, 0.4) is 0 Å². The minimum atomic E-state index is 0.406. The Bertz CT molecular complexity index is 517. The van der Waals surface area contributed by atoms with Gasteiger partial charge in [-0.2, -0.15) is 5.10 Å². The van der Waals surface area contributed by atoms with Gasteiger partial charge >= 0.3 is 0 Å². The Morgan fingerprint density at radius 2 is 2.12 bits per heavy atom. The molecule has 0 N–H and O–H groups in total. The summed E-state index contributed by atoms with van der Waals surface area (Å²) in [6.07, 6.45) is 0.778. The van der Waals surface area contributed by atoms with Crippen LogP contribution in [0.25, 0.3) is 0 Å². The molecule has 0 bridgehead atoms. The van der Waals surface area contributed by atoms with Crippen molar-refractivity contribution in [3.05, 3.63) is 46.0 Å². The van der Waals surface area contributed by atoms with E-state index < -0.39 is 0 Å². The summed E-state index contributed by atoms with van der Waals surface area (Å²) in [5.74, 6) is 2.33. The lowest BCUT2D eigenvalue weighted by Crippen LogP contribution is -2.00. The first-order valence-electron chi connectivity index (χ1n) is 5.70. The molecule has 0 spiro atoms. The number of nitrogens with zero attached hydrogens (tertiary/aromatic N) is 3. The normalized spacial score (nSPS) is 11.1. The highest BCUT2D eigenvalue weighted by Gasteiger charge is 2.10. The maximum atomic E-state index is 4.57. The molecule has 2 rings (SSSR count). The molecule has 0 aliphatic carbocycles. The molecule has 1 heterocycles. The predicted octanol–water partition coefficient (Wildman–Crippen LogP) is 3.29. The van der Waals surface area contributed by atoms with Gasteiger partial charge in [0.1, 0.15) is 5.82 Å². The van der Waals surface area contributed by atoms with Crippen LogP contribution in [0, 0.1) is 0 Å². The van der Waals surface area contributed by atoms with Gasteiger partial charge in [0.2, 0.25) is 0 Å². The first-order chi connectivity index (χ1) is 8.06. The fourth-order valence-electron chi connectivity index (χ4n) is 1.86. The van der Waals surface area contributed by atoms with Crippen molar-refractivity contribution in [3.63, 3.8) is 0 Å². The summed E-state index contributed by atoms with van der Waals surface area (Å²) in [5.41, 5.74) is 1.22. The maximum absolute atomic E-state index is 4.57. The largest absolute Gasteiger partial charge is 0.253 e. The first kappa shape index (κ1) is 12.3. The number of aryl methyl sites for hydroxylation is 1. The van der Waals surface area contributed by atoms with Crippen LogP contribution in [0.2, 0.25) is 0 Å². The fraction of sp³-hybridized carbons (Fsp3) is 0.385. The van der Waals surface area contributed by atoms with E-state index in [2.05, 4.69) is 52.0 Å². The molecule has 0 aliphatic rings. The molecule has 0 radical (unpaired) electrons. The summed E-state index contributed by atoms with van der Waals surface area (Å²) < 4.78 is 2.97. The Morgan fingerprint density at radius 1 is 1.35 bits per heavy atom. The van der Waals surface area contributed by atoms with Crippen molar-refractivity contribution >= 4 is 15.9 Å². The zero-order chi connectivity index (χ0) is 12.4. The highest BCUT2D eigenvalue weighted by atomic mass is 79.9. The van der Waals surface area contributed by atoms with E-state index in [0.717, 1.165) is 22.5 Å². The SMILES string of the molecule is CC(C)c1nc(Cc2cccc(Br)c2)nn1C. The molecule has 0 unspecified atom stereocenters. The van der Waals surface area contributed by atoms with Crippen molar-refractivity contribution in [2.24, 2.45) is 7.05 Å². The molecule has 0 atom stereocenters. The van der Waals surface area contributed by atoms with E-state index in [1.807, 2.05) is 23.9 Å². The van der Waals surface area contributed by atoms with Gasteiger partial charge in [-0.15, -0.1) is 0 Å². The number of aromatic nitrogens is 3. The molecule has 0 amide bonds. The summed E-state index contributed by atoms with van der Waals surface area (Å²) in [6, 6.07) is 8.25. The van der Waals surface area contributed by atoms with Gasteiger partial charge in [-0.05, 0) is 17.7 Å². The summed E-state index contributed by atoms with van der Waals surface area (Å²) >= 11 is 3.47. The van der Waals surface area contributed by atoms with E-state index in [1.54, 1.807) is 0 Å². The zero-order valence-electron chi connectivity index (χ0n) is 10.3. The van der Waals surface area contributed by atoms with Gasteiger partial charge in [0.15, 0.2) is 5.82 Å². The van der Waals surface area contributed by atoms with Gasteiger partial charge in [-0.1, -0.05) is 41.9 Å². The maximum Gasteiger partial charge on any atom is 0.155 e. The summed E-state index contributed by atoms with van der Waals surface area (Å²) in [5, 5.41) is 4.45. The van der Waals surface area contributed by atoms with E-state index >= 15 is 0 Å². The average Bonchev–Trinajstić information content (AvgIpc) is 2.59. The third-order valence-electron chi connectivity index (χ3n) is 2.61. The summed E-state index contributed by atoms with van der Waals surface area (Å²) in [4.78, 5) is 4.57. The van der Waals surface area contributed by atoms with E-state index in [1.165, 1.54) is 5.56 Å². The second-order valence-corrected chi connectivity index (χ2v) is 5.39. The second-order valence-electron chi connectivity index (χ2n) is 4.47. The minimum absolute atomic E-state index is 0.406. The van der Waals surface area contributed by atoms with Gasteiger partial charge < -0.3 is 0 Å². The van der Waals surface area contributed by atoms with Crippen LogP contribution in [-0.2, 0) is 13.5 Å². The zero-order valence-corrected chi connectivity index (χ0v) is 11.9. The molecule has 17 heavy (non-hydrogen) atoms. The number of halogens is 1. The smallest absolute Gasteiger partial charge is 0.155 e. The lowest BCUT2D eigenvalue weighted by molar-refractivity contribution is 0.653. The summed E-state index contributed by atoms with van der Waals surface area (Å²) in [7, 11) is 1.95. The molecule has 3 nitrogen and oxygen atoms in total. The predicted molar refractivity (Wildman–Crippen MR) is 72.0 cm³/mol. The van der Waals surface area contributed by atoms with Gasteiger partial charge in [0.05, 0.1) is 0 Å². The van der Waals surface area contributed by atoms with Crippen molar-refractivity contribution in [2.75, 3.05) is 0 Å². The molecular formula is C13H16BrN3. The van der Waals surface area contributed by atoms with E-state index in [9.17, 15) is 0 Å². The Morgan fingerprint density at radius 3 is 2.71 bits per heavy atom. The van der Waals surface area contributed by atoms with Crippen LogP contribution >= 0.6 is 15.9 Å². The molecule has 4 heteroatoms. The molecular weight excluding hydrogens is 278 g/mol. The van der Waals surface area contributed by atoms with Crippen molar-refractivity contribution in [1.82, 2.24) is 14.8 Å². The van der Waals surface area contributed by atoms with Crippen LogP contribution < -0.4 is 0 Å². The van der Waals surface area contributed by atoms with E-state index in [0.29, 0.717) is 5.92 Å². The molecule has 2 aromatic rings. The topological polar surface area (TPSA) is 30.7 Å². The molecule has 0 saturated heterocycles. The Kier molecular flexibility index (Phi) is 3.62. The molecule has 1 aromatic carbocycles. The average molecular weight is 294 g/mol. The highest BCUT2D eigenvalue weighted by Crippen LogP contribution is 2.16. The highest BCUT2D eigenvalue weighted by molar-refractivity contribution is 9.10. The van der Waals surface area contributed by atoms with Gasteiger partial charge in [0.25, 0.3) is 0 Å². The van der Waals surface area contributed by atoms with Crippen molar-refractivity contribution in [3.8, 4) is 0 Å². The molecule has 0 saturated carbocycles. The quantitative estimate of drug-likeness (QED) is 0.869. The van der Waals surface area contributed by atoms with Crippen LogP contribution in [0.4, 0.5) is 0 Å². The lowest BCUT2D eigenvalue weighted by atomic mass is 10.1. The number of hydrogen-bond donors (Lipinski definition) is 0. The van der Waals surface area contributed by atoms with Gasteiger partial charge in [-0.25, -0.2) is 4.98 Å². The Labute approximate surface area is 110 Å². The third kappa shape index (κ3) is 2.94. The molecule has 0 fully saturated rings. The van der Waals surface area contributed by atoms with Gasteiger partial charge in [-0.3, -0.25) is 4.68 Å². The van der Waals surface area contributed by atoms with Crippen LogP contribution in [-0.4, -0.2) is 14.8 Å². The second kappa shape index (κ2) is 5.00. The number of hydrogen-bond acceptors (Lipinski definition) is 2. The van der Waals surface area contributed by atoms with Gasteiger partial charge in [0, 0.05) is 23.9 Å². The number of benzene rings is 1. The minimum Gasteiger partial charge on any atom is -0.253 e. The van der Waals surface area contributed by atoms with Crippen LogP contribution in [0.15, 0.2) is 28.7 Å². The standard InChI is InChI=1S/C13H16BrN3/c1-9(2)13-15-12(16-17(13)3)8-10-5-4-6-11(14)7-10/h4-7,9H,8H2,1-3H3. The van der Waals surface area contributed by atoms with Crippen LogP contribution in [0.5, 0.6) is 0 Å². The molecule has 90 valence electrons. The summed E-state index contributed by atoms with van der Waals surface area (Å²) in [6.45, 7) is 4.26. The Hall–Kier alpha value is -1.16. The van der Waals surface area contributed by atoms with E-state index in [4.69, 9.17) is 0 Å². The van der Waals surface area contributed by atoms with Crippen LogP contribution in [0.1, 0.15) is 37.0 Å². The van der Waals surface area contributed by atoms with E-state index in [-0.39, 0.29) is 0 Å². The number of rotatable bonds is 3. The first-order valence-corrected chi connectivity index (χ1v) is 6.50. The fourth-order valence-corrected chi connectivity index (χ4v) is 2.31. The van der Waals surface area contributed by atoms with Crippen molar-refractivity contribution < 1.29 is 0 Å².